The van der Waals surface area contributed by atoms with E-state index < -0.39 is 0 Å². The molecule has 2 heterocycles. The monoisotopic (exact) mass is 387 g/mol. The van der Waals surface area contributed by atoms with Crippen molar-refractivity contribution >= 4 is 45.6 Å². The van der Waals surface area contributed by atoms with Gasteiger partial charge in [0.1, 0.15) is 0 Å². The minimum Gasteiger partial charge on any atom is -0.266 e. The summed E-state index contributed by atoms with van der Waals surface area (Å²) in [5, 5.41) is 5.32. The molecule has 0 unspecified atom stereocenters. The molecule has 0 spiro atoms. The third-order valence-electron chi connectivity index (χ3n) is 3.71. The fourth-order valence-corrected chi connectivity index (χ4v) is 3.92. The van der Waals surface area contributed by atoms with Crippen molar-refractivity contribution in [2.45, 2.75) is 6.42 Å². The van der Waals surface area contributed by atoms with Crippen molar-refractivity contribution < 1.29 is 0 Å². The molecule has 7 heteroatoms. The molecule has 25 heavy (non-hydrogen) atoms. The lowest BCUT2D eigenvalue weighted by molar-refractivity contribution is 0.879. The molecule has 0 aliphatic rings. The Balaban J connectivity index is 1.76. The minimum atomic E-state index is -0.220. The zero-order chi connectivity index (χ0) is 17.4. The summed E-state index contributed by atoms with van der Waals surface area (Å²) in [6.07, 6.45) is 2.27. The summed E-state index contributed by atoms with van der Waals surface area (Å²) >= 11 is 13.6. The van der Waals surface area contributed by atoms with E-state index >= 15 is 0 Å². The van der Waals surface area contributed by atoms with Crippen molar-refractivity contribution in [2.75, 3.05) is 0 Å². The number of hydrogen-bond acceptors (Lipinski definition) is 4. The molecular weight excluding hydrogens is 377 g/mol. The number of halogens is 2. The Morgan fingerprint density at radius 1 is 1.04 bits per heavy atom. The molecule has 0 saturated heterocycles. The summed E-state index contributed by atoms with van der Waals surface area (Å²) in [6, 6.07) is 15.1. The van der Waals surface area contributed by atoms with Crippen LogP contribution in [0.1, 0.15) is 17.0 Å². The number of thiazole rings is 1. The highest BCUT2D eigenvalue weighted by Crippen LogP contribution is 2.24. The van der Waals surface area contributed by atoms with E-state index in [4.69, 9.17) is 23.2 Å². The van der Waals surface area contributed by atoms with Crippen LogP contribution in [0.4, 0.5) is 0 Å². The summed E-state index contributed by atoms with van der Waals surface area (Å²) < 4.78 is 1.83. The molecule has 124 valence electrons. The molecule has 4 rings (SSSR count). The number of benzene rings is 2. The van der Waals surface area contributed by atoms with Crippen molar-refractivity contribution in [1.29, 1.82) is 0 Å². The van der Waals surface area contributed by atoms with Gasteiger partial charge >= 0.3 is 0 Å². The number of rotatable bonds is 3. The molecule has 0 radical (unpaired) electrons. The number of aromatic nitrogens is 3. The van der Waals surface area contributed by atoms with Gasteiger partial charge in [-0.05, 0) is 23.8 Å². The van der Waals surface area contributed by atoms with E-state index in [0.29, 0.717) is 37.3 Å². The maximum Gasteiger partial charge on any atom is 0.291 e. The van der Waals surface area contributed by atoms with Crippen LogP contribution in [0.5, 0.6) is 0 Å². The molecule has 0 aliphatic heterocycles. The zero-order valence-corrected chi connectivity index (χ0v) is 15.1. The molecule has 2 aromatic carbocycles. The largest absolute Gasteiger partial charge is 0.291 e. The van der Waals surface area contributed by atoms with Crippen LogP contribution in [0.15, 0.2) is 53.3 Å². The Morgan fingerprint density at radius 3 is 2.44 bits per heavy atom. The molecule has 0 atom stereocenters. The quantitative estimate of drug-likeness (QED) is 0.539. The molecule has 0 N–H and O–H groups in total. The first-order valence-electron chi connectivity index (χ1n) is 7.50. The van der Waals surface area contributed by atoms with Crippen molar-refractivity contribution in [3.8, 4) is 0 Å². The van der Waals surface area contributed by atoms with E-state index in [1.807, 2.05) is 30.3 Å². The van der Waals surface area contributed by atoms with Crippen LogP contribution < -0.4 is 10.1 Å². The van der Waals surface area contributed by atoms with E-state index in [2.05, 4.69) is 10.1 Å². The average Bonchev–Trinajstić information content (AvgIpc) is 3.11. The fourth-order valence-electron chi connectivity index (χ4n) is 2.51. The van der Waals surface area contributed by atoms with Crippen molar-refractivity contribution in [1.82, 2.24) is 14.6 Å². The van der Waals surface area contributed by atoms with Crippen LogP contribution in [0, 0.1) is 0 Å². The van der Waals surface area contributed by atoms with Crippen LogP contribution in [-0.4, -0.2) is 14.6 Å². The Morgan fingerprint density at radius 2 is 1.76 bits per heavy atom. The van der Waals surface area contributed by atoms with Gasteiger partial charge in [-0.2, -0.15) is 4.52 Å². The zero-order valence-electron chi connectivity index (χ0n) is 12.8. The van der Waals surface area contributed by atoms with Gasteiger partial charge in [-0.1, -0.05) is 70.9 Å². The maximum absolute atomic E-state index is 12.6. The van der Waals surface area contributed by atoms with Crippen LogP contribution in [-0.2, 0) is 6.42 Å². The maximum atomic E-state index is 12.6. The topological polar surface area (TPSA) is 47.3 Å². The third kappa shape index (κ3) is 3.18. The Hall–Kier alpha value is -2.21. The highest BCUT2D eigenvalue weighted by molar-refractivity contribution is 7.15. The van der Waals surface area contributed by atoms with Gasteiger partial charge in [0.05, 0.1) is 4.53 Å². The number of fused-ring (bicyclic) bond motifs is 1. The summed E-state index contributed by atoms with van der Waals surface area (Å²) in [5.41, 5.74) is 1.50. The smallest absolute Gasteiger partial charge is 0.266 e. The first-order chi connectivity index (χ1) is 12.1. The van der Waals surface area contributed by atoms with Gasteiger partial charge in [-0.25, -0.2) is 4.98 Å². The standard InChI is InChI=1S/C18H11Cl2N3OS/c19-13-7-4-8-14(20)12(13)10-15-17(24)23-18(25-15)21-16(22-23)9-11-5-2-1-3-6-11/h1-8,10H,9H2/b15-10-. The van der Waals surface area contributed by atoms with Gasteiger partial charge in [-0.15, -0.1) is 5.10 Å². The molecule has 0 saturated carbocycles. The van der Waals surface area contributed by atoms with Crippen molar-refractivity contribution in [3.63, 3.8) is 0 Å². The fraction of sp³-hybridized carbons (Fsp3) is 0.0556. The van der Waals surface area contributed by atoms with Gasteiger partial charge in [0.25, 0.3) is 5.56 Å². The number of hydrogen-bond donors (Lipinski definition) is 0. The predicted octanol–water partition coefficient (Wildman–Crippen LogP) is 3.60. The van der Waals surface area contributed by atoms with Crippen LogP contribution in [0.3, 0.4) is 0 Å². The molecule has 4 aromatic rings. The first-order valence-corrected chi connectivity index (χ1v) is 9.07. The summed E-state index contributed by atoms with van der Waals surface area (Å²) in [7, 11) is 0. The van der Waals surface area contributed by atoms with Crippen molar-refractivity contribution in [3.05, 3.63) is 90.4 Å². The van der Waals surface area contributed by atoms with E-state index in [1.54, 1.807) is 24.3 Å². The summed E-state index contributed by atoms with van der Waals surface area (Å²) in [4.78, 5) is 17.6. The highest BCUT2D eigenvalue weighted by atomic mass is 35.5. The second kappa shape index (κ2) is 6.59. The molecule has 4 nitrogen and oxygen atoms in total. The SMILES string of the molecule is O=c1/c(=C/c2c(Cl)cccc2Cl)sc2nc(Cc3ccccc3)nn12. The molecule has 0 amide bonds. The molecule has 0 fully saturated rings. The average molecular weight is 388 g/mol. The highest BCUT2D eigenvalue weighted by Gasteiger charge is 2.12. The lowest BCUT2D eigenvalue weighted by atomic mass is 10.1. The third-order valence-corrected chi connectivity index (χ3v) is 5.32. The lowest BCUT2D eigenvalue weighted by Crippen LogP contribution is -2.24. The minimum absolute atomic E-state index is 0.220. The Labute approximate surface area is 157 Å². The predicted molar refractivity (Wildman–Crippen MR) is 102 cm³/mol. The van der Waals surface area contributed by atoms with Gasteiger partial charge < -0.3 is 0 Å². The molecule has 0 bridgehead atoms. The molecule has 2 aromatic heterocycles. The second-order valence-corrected chi connectivity index (χ2v) is 7.26. The van der Waals surface area contributed by atoms with Crippen LogP contribution in [0.2, 0.25) is 10.0 Å². The Bertz CT molecular complexity index is 1150. The van der Waals surface area contributed by atoms with Gasteiger partial charge in [0, 0.05) is 22.0 Å². The van der Waals surface area contributed by atoms with Gasteiger partial charge in [0.15, 0.2) is 5.82 Å². The van der Waals surface area contributed by atoms with E-state index in [-0.39, 0.29) is 5.56 Å². The number of nitrogens with zero attached hydrogens (tertiary/aromatic N) is 3. The molecular formula is C18H11Cl2N3OS. The first kappa shape index (κ1) is 16.3. The van der Waals surface area contributed by atoms with Crippen molar-refractivity contribution in [2.24, 2.45) is 0 Å². The van der Waals surface area contributed by atoms with Gasteiger partial charge in [-0.3, -0.25) is 4.79 Å². The van der Waals surface area contributed by atoms with Gasteiger partial charge in [0.2, 0.25) is 4.96 Å². The van der Waals surface area contributed by atoms with E-state index in [0.717, 1.165) is 5.56 Å². The summed E-state index contributed by atoms with van der Waals surface area (Å²) in [6.45, 7) is 0. The second-order valence-electron chi connectivity index (χ2n) is 5.44. The van der Waals surface area contributed by atoms with E-state index in [1.165, 1.54) is 15.9 Å². The molecule has 0 aliphatic carbocycles. The van der Waals surface area contributed by atoms with E-state index in [9.17, 15) is 4.79 Å². The lowest BCUT2D eigenvalue weighted by Gasteiger charge is -1.99. The van der Waals surface area contributed by atoms with Crippen LogP contribution in [0.25, 0.3) is 11.0 Å². The Kier molecular flexibility index (Phi) is 4.29. The summed E-state index contributed by atoms with van der Waals surface area (Å²) in [5.74, 6) is 0.622. The van der Waals surface area contributed by atoms with Crippen LogP contribution >= 0.6 is 34.5 Å². The normalized spacial score (nSPS) is 12.2.